The Morgan fingerprint density at radius 3 is 2.39 bits per heavy atom. The number of β-lactam (4-membered cyclic amide) rings is 1. The third-order valence-electron chi connectivity index (χ3n) is 5.22. The van der Waals surface area contributed by atoms with Gasteiger partial charge in [0.2, 0.25) is 9.84 Å². The van der Waals surface area contributed by atoms with Crippen LogP contribution in [0.3, 0.4) is 0 Å². The molecule has 0 aromatic heterocycles. The van der Waals surface area contributed by atoms with E-state index in [9.17, 15) is 18.0 Å². The Kier molecular flexibility index (Phi) is 7.85. The number of oxime groups is 1. The van der Waals surface area contributed by atoms with E-state index in [0.29, 0.717) is 5.71 Å². The summed E-state index contributed by atoms with van der Waals surface area (Å²) in [6.07, 6.45) is 2.80. The third kappa shape index (κ3) is 5.73. The van der Waals surface area contributed by atoms with E-state index in [0.717, 1.165) is 14.9 Å². The molecule has 2 aliphatic heterocycles. The third-order valence-corrected chi connectivity index (χ3v) is 7.82. The summed E-state index contributed by atoms with van der Waals surface area (Å²) in [7, 11) is -0.668. The Morgan fingerprint density at radius 2 is 1.83 bits per heavy atom. The van der Waals surface area contributed by atoms with Crippen LogP contribution in [0.25, 0.3) is 0 Å². The number of carbonyl (C=O) groups is 2. The molecule has 0 radical (unpaired) electrons. The van der Waals surface area contributed by atoms with Gasteiger partial charge in [-0.1, -0.05) is 33.2 Å². The molecule has 1 saturated heterocycles. The van der Waals surface area contributed by atoms with Crippen LogP contribution in [0, 0.1) is 0 Å². The normalized spacial score (nSPS) is 21.9. The maximum atomic E-state index is 13.5. The first-order valence-electron chi connectivity index (χ1n) is 11.2. The van der Waals surface area contributed by atoms with Gasteiger partial charge in [0.1, 0.15) is 17.9 Å². The fourth-order valence-electron chi connectivity index (χ4n) is 3.74. The lowest BCUT2D eigenvalue weighted by Crippen LogP contribution is -2.62. The number of halogens is 1. The molecule has 0 aliphatic carbocycles. The van der Waals surface area contributed by atoms with E-state index in [4.69, 9.17) is 9.57 Å². The van der Waals surface area contributed by atoms with Gasteiger partial charge in [-0.25, -0.2) is 13.2 Å². The van der Waals surface area contributed by atoms with Crippen LogP contribution < -0.4 is 0 Å². The lowest BCUT2D eigenvalue weighted by molar-refractivity contribution is -0.155. The predicted molar refractivity (Wildman–Crippen MR) is 140 cm³/mol. The van der Waals surface area contributed by atoms with Gasteiger partial charge in [-0.3, -0.25) is 9.69 Å². The van der Waals surface area contributed by atoms with Crippen LogP contribution in [-0.2, 0) is 35.6 Å². The average Bonchev–Trinajstić information content (AvgIpc) is 2.75. The van der Waals surface area contributed by atoms with Gasteiger partial charge >= 0.3 is 5.97 Å². The zero-order valence-corrected chi connectivity index (χ0v) is 23.7. The summed E-state index contributed by atoms with van der Waals surface area (Å²) in [5.74, 6) is -1.37. The highest BCUT2D eigenvalue weighted by Gasteiger charge is 2.58. The monoisotopic (exact) mass is 579 g/mol. The number of carbonyl (C=O) groups excluding carboxylic acids is 2. The second-order valence-electron chi connectivity index (χ2n) is 9.74. The Labute approximate surface area is 220 Å². The van der Waals surface area contributed by atoms with Crippen LogP contribution >= 0.6 is 15.9 Å². The van der Waals surface area contributed by atoms with E-state index in [-0.39, 0.29) is 28.4 Å². The van der Waals surface area contributed by atoms with E-state index in [2.05, 4.69) is 21.1 Å². The zero-order valence-electron chi connectivity index (χ0n) is 21.3. The molecule has 194 valence electrons. The molecule has 3 rings (SSSR count). The Morgan fingerprint density at radius 1 is 1.22 bits per heavy atom. The summed E-state index contributed by atoms with van der Waals surface area (Å²) in [5, 5.41) is 2.64. The van der Waals surface area contributed by atoms with Gasteiger partial charge in [-0.15, -0.1) is 0 Å². The molecule has 1 unspecified atom stereocenters. The van der Waals surface area contributed by atoms with E-state index >= 15 is 0 Å². The molecule has 2 heterocycles. The molecule has 9 nitrogen and oxygen atoms in total. The highest BCUT2D eigenvalue weighted by molar-refractivity contribution is 9.10. The van der Waals surface area contributed by atoms with Crippen LogP contribution in [0.2, 0.25) is 0 Å². The van der Waals surface area contributed by atoms with Crippen LogP contribution in [0.1, 0.15) is 40.2 Å². The molecule has 0 spiro atoms. The number of hydrogen-bond donors (Lipinski definition) is 0. The van der Waals surface area contributed by atoms with Gasteiger partial charge in [0.15, 0.2) is 5.37 Å². The van der Waals surface area contributed by atoms with Gasteiger partial charge in [0.05, 0.1) is 16.2 Å². The molecule has 1 aromatic carbocycles. The smallest absolute Gasteiger partial charge is 0.355 e. The largest absolute Gasteiger partial charge is 0.455 e. The maximum Gasteiger partial charge on any atom is 0.355 e. The number of sulfone groups is 1. The van der Waals surface area contributed by atoms with Crippen LogP contribution in [-0.4, -0.2) is 60.9 Å². The highest BCUT2D eigenvalue weighted by Crippen LogP contribution is 2.45. The minimum Gasteiger partial charge on any atom is -0.455 e. The second kappa shape index (κ2) is 10.2. The minimum absolute atomic E-state index is 0.00158. The molecular weight excluding hydrogens is 550 g/mol. The molecule has 1 amide bonds. The molecule has 2 aliphatic rings. The van der Waals surface area contributed by atoms with E-state index in [1.54, 1.807) is 46.7 Å². The summed E-state index contributed by atoms with van der Waals surface area (Å²) >= 11 is 3.37. The van der Waals surface area contributed by atoms with Gasteiger partial charge < -0.3 is 14.5 Å². The standard InChI is InChI=1S/C25H30BrN3O6S/c1-15(27-34-14-17-8-10-18(26)11-9-17)12-19-22(30)29-21(24(31)35-25(3,4)5)16(2)20(13-28(6)7)36(32,33)23(19)29/h8-13,23H,14H2,1-7H3/b19-12-,20-13+,27-15+. The van der Waals surface area contributed by atoms with Crippen molar-refractivity contribution in [2.75, 3.05) is 14.1 Å². The molecule has 1 fully saturated rings. The van der Waals surface area contributed by atoms with Crippen molar-refractivity contribution in [3.05, 3.63) is 68.3 Å². The number of rotatable bonds is 6. The fourth-order valence-corrected chi connectivity index (χ4v) is 6.10. The summed E-state index contributed by atoms with van der Waals surface area (Å²) in [4.78, 5) is 34.1. The summed E-state index contributed by atoms with van der Waals surface area (Å²) < 4.78 is 33.5. The Bertz CT molecular complexity index is 1300. The van der Waals surface area contributed by atoms with E-state index in [1.807, 2.05) is 24.3 Å². The number of hydrogen-bond acceptors (Lipinski definition) is 8. The number of fused-ring (bicyclic) bond motifs is 1. The van der Waals surface area contributed by atoms with Crippen molar-refractivity contribution < 1.29 is 27.6 Å². The molecule has 11 heteroatoms. The van der Waals surface area contributed by atoms with Crippen molar-refractivity contribution in [1.29, 1.82) is 0 Å². The number of amides is 1. The van der Waals surface area contributed by atoms with Crippen LogP contribution in [0.4, 0.5) is 0 Å². The number of ether oxygens (including phenoxy) is 1. The molecule has 1 atom stereocenters. The number of nitrogens with zero attached hydrogens (tertiary/aromatic N) is 3. The predicted octanol–water partition coefficient (Wildman–Crippen LogP) is 3.88. The number of allylic oxidation sites excluding steroid dienone is 2. The quantitative estimate of drug-likeness (QED) is 0.165. The zero-order chi connectivity index (χ0) is 27.0. The lowest BCUT2D eigenvalue weighted by atomic mass is 10.0. The molecule has 0 bridgehead atoms. The molecule has 0 N–H and O–H groups in total. The molecule has 0 saturated carbocycles. The van der Waals surface area contributed by atoms with Crippen molar-refractivity contribution in [2.45, 2.75) is 52.2 Å². The minimum atomic E-state index is -4.02. The Hall–Kier alpha value is -2.92. The number of esters is 1. The molecule has 1 aromatic rings. The first-order valence-corrected chi connectivity index (χ1v) is 13.5. The summed E-state index contributed by atoms with van der Waals surface area (Å²) in [6, 6.07) is 7.51. The SMILES string of the molecule is CC1=C(C(=O)OC(C)(C)C)N2C(=O)/C(=C/C(C)=N/OCc3ccc(Br)cc3)C2S(=O)(=O)/C1=C/N(C)C. The maximum absolute atomic E-state index is 13.5. The lowest BCUT2D eigenvalue weighted by Gasteiger charge is -2.46. The van der Waals surface area contributed by atoms with Gasteiger partial charge in [-0.2, -0.15) is 0 Å². The molecular formula is C25H30BrN3O6S. The van der Waals surface area contributed by atoms with Crippen molar-refractivity contribution in [2.24, 2.45) is 5.16 Å². The first-order chi connectivity index (χ1) is 16.6. The van der Waals surface area contributed by atoms with Crippen LogP contribution in [0.5, 0.6) is 0 Å². The highest BCUT2D eigenvalue weighted by atomic mass is 79.9. The average molecular weight is 581 g/mol. The van der Waals surface area contributed by atoms with Crippen molar-refractivity contribution in [3.63, 3.8) is 0 Å². The number of benzene rings is 1. The topological polar surface area (TPSA) is 106 Å². The first kappa shape index (κ1) is 27.7. The van der Waals surface area contributed by atoms with Crippen molar-refractivity contribution >= 4 is 43.4 Å². The van der Waals surface area contributed by atoms with E-state index in [1.165, 1.54) is 19.2 Å². The van der Waals surface area contributed by atoms with E-state index < -0.39 is 32.7 Å². The van der Waals surface area contributed by atoms with Gasteiger partial charge in [0, 0.05) is 30.3 Å². The summed E-state index contributed by atoms with van der Waals surface area (Å²) in [5.41, 5.74) is 0.453. The second-order valence-corrected chi connectivity index (χ2v) is 12.6. The Balaban J connectivity index is 1.96. The molecule has 36 heavy (non-hydrogen) atoms. The van der Waals surface area contributed by atoms with Crippen molar-refractivity contribution in [1.82, 2.24) is 9.80 Å². The van der Waals surface area contributed by atoms with Crippen molar-refractivity contribution in [3.8, 4) is 0 Å². The van der Waals surface area contributed by atoms with Crippen LogP contribution in [0.15, 0.2) is 67.9 Å². The van der Waals surface area contributed by atoms with Gasteiger partial charge in [-0.05, 0) is 58.4 Å². The van der Waals surface area contributed by atoms with Gasteiger partial charge in [0.25, 0.3) is 5.91 Å². The summed E-state index contributed by atoms with van der Waals surface area (Å²) in [6.45, 7) is 8.41. The fraction of sp³-hybridized carbons (Fsp3) is 0.400.